The zero-order valence-electron chi connectivity index (χ0n) is 27.0. The van der Waals surface area contributed by atoms with Gasteiger partial charge in [-0.3, -0.25) is 19.5 Å². The highest BCUT2D eigenvalue weighted by Crippen LogP contribution is 2.40. The third-order valence-electron chi connectivity index (χ3n) is 8.59. The molecule has 4 N–H and O–H groups in total. The lowest BCUT2D eigenvalue weighted by Gasteiger charge is -2.22. The van der Waals surface area contributed by atoms with Crippen molar-refractivity contribution >= 4 is 40.3 Å². The molecular formula is C36H34ClF2N5O6. The Kier molecular flexibility index (Phi) is 10.7. The summed E-state index contributed by atoms with van der Waals surface area (Å²) in [5, 5.41) is 24.7. The van der Waals surface area contributed by atoms with Gasteiger partial charge in [0.2, 0.25) is 5.89 Å². The number of benzene rings is 3. The topological polar surface area (TPSA) is 150 Å². The molecule has 1 aliphatic heterocycles. The summed E-state index contributed by atoms with van der Waals surface area (Å²) in [6.07, 6.45) is 2.75. The van der Waals surface area contributed by atoms with Crippen molar-refractivity contribution in [2.24, 2.45) is 0 Å². The number of aliphatic carboxylic acids is 1. The zero-order chi connectivity index (χ0) is 35.4. The molecular weight excluding hydrogens is 672 g/mol. The minimum atomic E-state index is -3.09. The number of amides is 1. The number of likely N-dealkylation sites (tertiary alicyclic amines) is 1. The molecule has 3 heterocycles. The highest BCUT2D eigenvalue weighted by molar-refractivity contribution is 6.36. The molecule has 260 valence electrons. The van der Waals surface area contributed by atoms with Crippen LogP contribution in [-0.4, -0.2) is 69.3 Å². The smallest absolute Gasteiger partial charge is 0.387 e. The van der Waals surface area contributed by atoms with Crippen LogP contribution in [-0.2, 0) is 17.9 Å². The van der Waals surface area contributed by atoms with Crippen molar-refractivity contribution in [1.29, 1.82) is 0 Å². The highest BCUT2D eigenvalue weighted by Gasteiger charge is 2.31. The van der Waals surface area contributed by atoms with Crippen LogP contribution < -0.4 is 15.4 Å². The van der Waals surface area contributed by atoms with E-state index in [1.54, 1.807) is 41.4 Å². The van der Waals surface area contributed by atoms with Crippen LogP contribution in [0.4, 0.5) is 14.5 Å². The number of anilines is 1. The van der Waals surface area contributed by atoms with Gasteiger partial charge in [0.25, 0.3) is 5.91 Å². The first-order chi connectivity index (χ1) is 24.1. The number of nitrogens with zero attached hydrogens (tertiary/aromatic N) is 3. The van der Waals surface area contributed by atoms with Gasteiger partial charge in [0, 0.05) is 48.6 Å². The van der Waals surface area contributed by atoms with Crippen LogP contribution in [0, 0.1) is 6.92 Å². The predicted molar refractivity (Wildman–Crippen MR) is 183 cm³/mol. The molecule has 11 nitrogen and oxygen atoms in total. The first-order valence-corrected chi connectivity index (χ1v) is 16.3. The Balaban J connectivity index is 1.27. The Morgan fingerprint density at radius 1 is 1.12 bits per heavy atom. The number of ether oxygens (including phenoxy) is 1. The van der Waals surface area contributed by atoms with E-state index in [0.29, 0.717) is 65.4 Å². The molecule has 0 bridgehead atoms. The second-order valence-electron chi connectivity index (χ2n) is 11.8. The number of nitrogens with one attached hydrogen (secondary N) is 2. The van der Waals surface area contributed by atoms with E-state index in [1.165, 1.54) is 6.07 Å². The number of carbonyl (C=O) groups excluding carboxylic acids is 1. The van der Waals surface area contributed by atoms with Crippen LogP contribution in [0.3, 0.4) is 0 Å². The number of rotatable bonds is 13. The molecule has 1 amide bonds. The van der Waals surface area contributed by atoms with Crippen molar-refractivity contribution in [3.8, 4) is 28.3 Å². The Bertz CT molecular complexity index is 2020. The van der Waals surface area contributed by atoms with Gasteiger partial charge in [-0.05, 0) is 67.3 Å². The zero-order valence-corrected chi connectivity index (χ0v) is 27.7. The summed E-state index contributed by atoms with van der Waals surface area (Å²) in [6.45, 7) is 0.379. The quantitative estimate of drug-likeness (QED) is 0.1000. The van der Waals surface area contributed by atoms with E-state index < -0.39 is 24.5 Å². The first kappa shape index (κ1) is 34.9. The summed E-state index contributed by atoms with van der Waals surface area (Å²) < 4.78 is 37.7. The second kappa shape index (κ2) is 15.3. The lowest BCUT2D eigenvalue weighted by Crippen LogP contribution is -2.35. The third-order valence-corrected chi connectivity index (χ3v) is 8.99. The number of aliphatic hydroxyl groups is 1. The van der Waals surface area contributed by atoms with Crippen LogP contribution in [0.2, 0.25) is 5.02 Å². The number of hydrogen-bond acceptors (Lipinski definition) is 9. The van der Waals surface area contributed by atoms with E-state index in [0.717, 1.165) is 16.7 Å². The Hall–Kier alpha value is -4.95. The van der Waals surface area contributed by atoms with Crippen molar-refractivity contribution in [2.45, 2.75) is 45.5 Å². The van der Waals surface area contributed by atoms with Gasteiger partial charge in [0.1, 0.15) is 23.0 Å². The lowest BCUT2D eigenvalue weighted by molar-refractivity contribution is -0.142. The summed E-state index contributed by atoms with van der Waals surface area (Å²) >= 11 is 6.86. The standard InChI is InChI=1S/C36H34ClF2N5O6/c1-20-23(25-7-3-8-26(32(25)37)42-33(46)27-11-10-21(18-41-27)17-40-12-14-45)5-2-6-24(20)34-43-28-15-22(19-44-13-4-9-29(44)35(47)48)30(50-36(38)39)16-31(28)49-34/h2-3,5-8,10-11,15-16,18,29,36,40,45H,4,9,12-14,17,19H2,1H3,(H,42,46)(H,47,48)/t29-/m0/s1. The normalized spacial score (nSPS) is 14.8. The highest BCUT2D eigenvalue weighted by atomic mass is 35.5. The van der Waals surface area contributed by atoms with Gasteiger partial charge in [0.05, 0.1) is 17.3 Å². The van der Waals surface area contributed by atoms with Crippen LogP contribution in [0.25, 0.3) is 33.7 Å². The summed E-state index contributed by atoms with van der Waals surface area (Å²) in [5.41, 5.74) is 5.26. The van der Waals surface area contributed by atoms with E-state index in [9.17, 15) is 23.5 Å². The fourth-order valence-corrected chi connectivity index (χ4v) is 6.39. The van der Waals surface area contributed by atoms with E-state index in [-0.39, 0.29) is 36.1 Å². The van der Waals surface area contributed by atoms with Gasteiger partial charge >= 0.3 is 12.6 Å². The predicted octanol–water partition coefficient (Wildman–Crippen LogP) is 6.50. The molecule has 2 aromatic heterocycles. The van der Waals surface area contributed by atoms with Crippen molar-refractivity contribution in [2.75, 3.05) is 25.0 Å². The average molecular weight is 706 g/mol. The maximum atomic E-state index is 13.4. The van der Waals surface area contributed by atoms with E-state index >= 15 is 0 Å². The summed E-state index contributed by atoms with van der Waals surface area (Å²) in [7, 11) is 0. The first-order valence-electron chi connectivity index (χ1n) is 15.9. The molecule has 6 rings (SSSR count). The number of alkyl halides is 2. The van der Waals surface area contributed by atoms with Gasteiger partial charge in [-0.15, -0.1) is 0 Å². The molecule has 14 heteroatoms. The van der Waals surface area contributed by atoms with Gasteiger partial charge in [-0.1, -0.05) is 41.9 Å². The number of fused-ring (bicyclic) bond motifs is 1. The summed E-state index contributed by atoms with van der Waals surface area (Å²) in [4.78, 5) is 35.4. The van der Waals surface area contributed by atoms with Gasteiger partial charge in [0.15, 0.2) is 5.58 Å². The molecule has 1 fully saturated rings. The molecule has 0 unspecified atom stereocenters. The average Bonchev–Trinajstić information content (AvgIpc) is 3.73. The largest absolute Gasteiger partial charge is 0.480 e. The van der Waals surface area contributed by atoms with Crippen LogP contribution in [0.15, 0.2) is 71.3 Å². The van der Waals surface area contributed by atoms with Crippen LogP contribution in [0.5, 0.6) is 5.75 Å². The lowest BCUT2D eigenvalue weighted by atomic mass is 9.96. The van der Waals surface area contributed by atoms with Crippen molar-refractivity contribution in [3.63, 3.8) is 0 Å². The Labute approximate surface area is 290 Å². The molecule has 0 saturated carbocycles. The molecule has 0 radical (unpaired) electrons. The summed E-state index contributed by atoms with van der Waals surface area (Å²) in [5.74, 6) is -1.26. The molecule has 5 aromatic rings. The second-order valence-corrected chi connectivity index (χ2v) is 12.2. The third kappa shape index (κ3) is 7.60. The number of oxazole rings is 1. The number of carboxylic acid groups (broad SMARTS) is 1. The fourth-order valence-electron chi connectivity index (χ4n) is 6.11. The molecule has 1 aliphatic rings. The van der Waals surface area contributed by atoms with Crippen LogP contribution >= 0.6 is 11.6 Å². The minimum Gasteiger partial charge on any atom is -0.480 e. The van der Waals surface area contributed by atoms with E-state index in [1.807, 2.05) is 31.2 Å². The molecule has 3 aromatic carbocycles. The number of aromatic nitrogens is 2. The number of carboxylic acids is 1. The molecule has 50 heavy (non-hydrogen) atoms. The summed E-state index contributed by atoms with van der Waals surface area (Å²) in [6, 6.07) is 16.4. The number of hydrogen-bond donors (Lipinski definition) is 4. The Morgan fingerprint density at radius 2 is 1.90 bits per heavy atom. The number of halogens is 3. The van der Waals surface area contributed by atoms with Gasteiger partial charge in [-0.25, -0.2) is 4.98 Å². The van der Waals surface area contributed by atoms with Crippen molar-refractivity contribution in [3.05, 3.63) is 94.3 Å². The van der Waals surface area contributed by atoms with Crippen molar-refractivity contribution in [1.82, 2.24) is 20.2 Å². The maximum absolute atomic E-state index is 13.4. The molecule has 0 spiro atoms. The van der Waals surface area contributed by atoms with Gasteiger partial charge in [-0.2, -0.15) is 8.78 Å². The number of pyridine rings is 1. The number of carbonyl (C=O) groups is 2. The molecule has 0 aliphatic carbocycles. The van der Waals surface area contributed by atoms with Crippen LogP contribution in [0.1, 0.15) is 40.0 Å². The Morgan fingerprint density at radius 3 is 2.64 bits per heavy atom. The number of aliphatic hydroxyl groups excluding tert-OH is 1. The van der Waals surface area contributed by atoms with E-state index in [4.69, 9.17) is 25.9 Å². The minimum absolute atomic E-state index is 0.0233. The van der Waals surface area contributed by atoms with E-state index in [2.05, 4.69) is 20.6 Å². The molecule has 1 atom stereocenters. The van der Waals surface area contributed by atoms with Crippen molar-refractivity contribution < 1.29 is 37.7 Å². The van der Waals surface area contributed by atoms with Gasteiger partial charge < -0.3 is 30.0 Å². The monoisotopic (exact) mass is 705 g/mol. The maximum Gasteiger partial charge on any atom is 0.387 e. The SMILES string of the molecule is Cc1c(-c2nc3cc(CN4CCC[C@H]4C(=O)O)c(OC(F)F)cc3o2)cccc1-c1cccc(NC(=O)c2ccc(CNCCO)cn2)c1Cl. The molecule has 1 saturated heterocycles. The fraction of sp³-hybridized carbons (Fsp3) is 0.278.